The van der Waals surface area contributed by atoms with E-state index in [2.05, 4.69) is 4.98 Å². The van der Waals surface area contributed by atoms with Gasteiger partial charge in [0.1, 0.15) is 11.6 Å². The van der Waals surface area contributed by atoms with Crippen LogP contribution in [0.2, 0.25) is 10.0 Å². The lowest BCUT2D eigenvalue weighted by Gasteiger charge is -2.38. The number of benzene rings is 2. The number of fused-ring (bicyclic) bond motifs is 3. The third-order valence-corrected chi connectivity index (χ3v) is 5.48. The lowest BCUT2D eigenvalue weighted by molar-refractivity contribution is -0.0189. The first-order valence-corrected chi connectivity index (χ1v) is 9.53. The highest BCUT2D eigenvalue weighted by Crippen LogP contribution is 2.50. The van der Waals surface area contributed by atoms with Crippen molar-refractivity contribution in [2.24, 2.45) is 5.10 Å². The topological polar surface area (TPSA) is 37.7 Å². The predicted molar refractivity (Wildman–Crippen MR) is 106 cm³/mol. The van der Waals surface area contributed by atoms with E-state index in [-0.39, 0.29) is 11.9 Å². The summed E-state index contributed by atoms with van der Waals surface area (Å²) in [5, 5.41) is 7.76. The van der Waals surface area contributed by atoms with Gasteiger partial charge < -0.3 is 4.74 Å². The summed E-state index contributed by atoms with van der Waals surface area (Å²) >= 11 is 12.7. The molecule has 3 heterocycles. The molecule has 0 radical (unpaired) electrons. The Morgan fingerprint density at radius 2 is 1.79 bits per heavy atom. The molecule has 0 amide bonds. The molecule has 28 heavy (non-hydrogen) atoms. The number of aromatic nitrogens is 1. The van der Waals surface area contributed by atoms with E-state index in [1.165, 1.54) is 12.1 Å². The molecule has 2 atom stereocenters. The van der Waals surface area contributed by atoms with Crippen molar-refractivity contribution in [3.8, 4) is 5.75 Å². The highest BCUT2D eigenvalue weighted by Gasteiger charge is 2.42. The summed E-state index contributed by atoms with van der Waals surface area (Å²) in [6.07, 6.45) is 3.62. The van der Waals surface area contributed by atoms with Crippen molar-refractivity contribution in [3.63, 3.8) is 0 Å². The Balaban J connectivity index is 1.63. The van der Waals surface area contributed by atoms with Gasteiger partial charge in [0.15, 0.2) is 0 Å². The van der Waals surface area contributed by atoms with Crippen molar-refractivity contribution in [1.29, 1.82) is 0 Å². The second-order valence-electron chi connectivity index (χ2n) is 6.71. The van der Waals surface area contributed by atoms with Gasteiger partial charge in [-0.3, -0.25) is 4.98 Å². The van der Waals surface area contributed by atoms with Crippen molar-refractivity contribution in [3.05, 3.63) is 93.5 Å². The van der Waals surface area contributed by atoms with Crippen LogP contribution in [0.4, 0.5) is 4.39 Å². The first-order chi connectivity index (χ1) is 13.6. The summed E-state index contributed by atoms with van der Waals surface area (Å²) in [6, 6.07) is 13.6. The van der Waals surface area contributed by atoms with Gasteiger partial charge in [-0.2, -0.15) is 5.10 Å². The maximum absolute atomic E-state index is 13.3. The van der Waals surface area contributed by atoms with Gasteiger partial charge in [-0.15, -0.1) is 0 Å². The van der Waals surface area contributed by atoms with Crippen LogP contribution in [0.5, 0.6) is 5.75 Å². The molecular weight excluding hydrogens is 400 g/mol. The average molecular weight is 414 g/mol. The molecule has 0 spiro atoms. The number of halogens is 3. The molecule has 7 heteroatoms. The Hall–Kier alpha value is -2.63. The third kappa shape index (κ3) is 2.91. The van der Waals surface area contributed by atoms with E-state index in [9.17, 15) is 4.39 Å². The molecule has 1 aromatic heterocycles. The second kappa shape index (κ2) is 6.76. The van der Waals surface area contributed by atoms with Gasteiger partial charge in [0.2, 0.25) is 6.23 Å². The number of hydrogen-bond donors (Lipinski definition) is 0. The van der Waals surface area contributed by atoms with Crippen molar-refractivity contribution >= 4 is 28.9 Å². The number of rotatable bonds is 2. The first kappa shape index (κ1) is 17.5. The minimum Gasteiger partial charge on any atom is -0.463 e. The summed E-state index contributed by atoms with van der Waals surface area (Å²) < 4.78 is 19.6. The van der Waals surface area contributed by atoms with Crippen molar-refractivity contribution in [2.75, 3.05) is 0 Å². The van der Waals surface area contributed by atoms with Crippen LogP contribution in [0, 0.1) is 5.82 Å². The van der Waals surface area contributed by atoms with Gasteiger partial charge in [-0.05, 0) is 42.0 Å². The normalized spacial score (nSPS) is 20.2. The van der Waals surface area contributed by atoms with Crippen LogP contribution in [0.3, 0.4) is 0 Å². The zero-order valence-electron chi connectivity index (χ0n) is 14.5. The fraction of sp³-hybridized carbons (Fsp3) is 0.143. The molecular formula is C21H14Cl2FN3O. The van der Waals surface area contributed by atoms with Gasteiger partial charge >= 0.3 is 0 Å². The Kier molecular flexibility index (Phi) is 4.22. The van der Waals surface area contributed by atoms with Crippen LogP contribution in [0.25, 0.3) is 0 Å². The standard InChI is InChI=1S/C21H14Cl2FN3O/c22-14-9-16-19-11-18(12-1-3-15(24)4-2-12)26-27(19)21(13-5-7-25-8-6-13)28-20(16)17(23)10-14/h1-10,19,21H,11H2/t19-,21+/m1/s1. The molecule has 2 aliphatic heterocycles. The molecule has 2 aliphatic rings. The van der Waals surface area contributed by atoms with Gasteiger partial charge in [0.05, 0.1) is 16.8 Å². The van der Waals surface area contributed by atoms with Crippen LogP contribution < -0.4 is 4.74 Å². The van der Waals surface area contributed by atoms with Gasteiger partial charge in [-0.25, -0.2) is 9.40 Å². The highest BCUT2D eigenvalue weighted by atomic mass is 35.5. The molecule has 3 aromatic rings. The minimum atomic E-state index is -0.447. The molecule has 0 fully saturated rings. The van der Waals surface area contributed by atoms with Crippen LogP contribution in [-0.4, -0.2) is 15.7 Å². The Morgan fingerprint density at radius 3 is 2.54 bits per heavy atom. The first-order valence-electron chi connectivity index (χ1n) is 8.77. The summed E-state index contributed by atoms with van der Waals surface area (Å²) in [7, 11) is 0. The molecule has 140 valence electrons. The monoisotopic (exact) mass is 413 g/mol. The van der Waals surface area contributed by atoms with E-state index in [4.69, 9.17) is 33.0 Å². The van der Waals surface area contributed by atoms with E-state index in [1.807, 2.05) is 23.2 Å². The van der Waals surface area contributed by atoms with E-state index < -0.39 is 6.23 Å². The van der Waals surface area contributed by atoms with Crippen molar-refractivity contribution < 1.29 is 9.13 Å². The van der Waals surface area contributed by atoms with E-state index >= 15 is 0 Å². The summed E-state index contributed by atoms with van der Waals surface area (Å²) in [5.41, 5.74) is 3.54. The molecule has 0 saturated carbocycles. The fourth-order valence-corrected chi connectivity index (χ4v) is 4.23. The smallest absolute Gasteiger partial charge is 0.214 e. The zero-order valence-corrected chi connectivity index (χ0v) is 16.0. The summed E-state index contributed by atoms with van der Waals surface area (Å²) in [6.45, 7) is 0. The van der Waals surface area contributed by atoms with E-state index in [0.717, 1.165) is 22.4 Å². The van der Waals surface area contributed by atoms with Crippen molar-refractivity contribution in [1.82, 2.24) is 9.99 Å². The highest BCUT2D eigenvalue weighted by molar-refractivity contribution is 6.35. The maximum atomic E-state index is 13.3. The van der Waals surface area contributed by atoms with Crippen LogP contribution >= 0.6 is 23.2 Å². The molecule has 0 unspecified atom stereocenters. The summed E-state index contributed by atoms with van der Waals surface area (Å²) in [5.74, 6) is 0.339. The minimum absolute atomic E-state index is 0.0850. The van der Waals surface area contributed by atoms with Crippen LogP contribution in [0.1, 0.15) is 35.4 Å². The molecule has 0 aliphatic carbocycles. The van der Waals surface area contributed by atoms with Gasteiger partial charge in [-0.1, -0.05) is 35.3 Å². The molecule has 4 nitrogen and oxygen atoms in total. The third-order valence-electron chi connectivity index (χ3n) is 4.98. The van der Waals surface area contributed by atoms with E-state index in [0.29, 0.717) is 22.2 Å². The lowest BCUT2D eigenvalue weighted by atomic mass is 9.96. The van der Waals surface area contributed by atoms with Crippen molar-refractivity contribution in [2.45, 2.75) is 18.7 Å². The number of ether oxygens (including phenoxy) is 1. The number of nitrogens with zero attached hydrogens (tertiary/aromatic N) is 3. The quantitative estimate of drug-likeness (QED) is 0.534. The largest absolute Gasteiger partial charge is 0.463 e. The Bertz CT molecular complexity index is 1070. The van der Waals surface area contributed by atoms with E-state index in [1.54, 1.807) is 30.6 Å². The molecule has 0 saturated heterocycles. The SMILES string of the molecule is Fc1ccc(C2=NN3[C@H](C2)c2cc(Cl)cc(Cl)c2O[C@H]3c2ccncc2)cc1. The molecule has 5 rings (SSSR count). The number of hydrogen-bond acceptors (Lipinski definition) is 4. The molecule has 2 aromatic carbocycles. The summed E-state index contributed by atoms with van der Waals surface area (Å²) in [4.78, 5) is 4.08. The van der Waals surface area contributed by atoms with Crippen LogP contribution in [-0.2, 0) is 0 Å². The number of pyridine rings is 1. The lowest BCUT2D eigenvalue weighted by Crippen LogP contribution is -2.33. The Morgan fingerprint density at radius 1 is 1.04 bits per heavy atom. The maximum Gasteiger partial charge on any atom is 0.214 e. The molecule has 0 N–H and O–H groups in total. The van der Waals surface area contributed by atoms with Gasteiger partial charge in [0, 0.05) is 35.0 Å². The Labute approximate surface area is 171 Å². The molecule has 0 bridgehead atoms. The second-order valence-corrected chi connectivity index (χ2v) is 7.55. The average Bonchev–Trinajstić information content (AvgIpc) is 3.14. The zero-order chi connectivity index (χ0) is 19.3. The van der Waals surface area contributed by atoms with Crippen LogP contribution in [0.15, 0.2) is 66.0 Å². The van der Waals surface area contributed by atoms with Gasteiger partial charge in [0.25, 0.3) is 0 Å². The fourth-order valence-electron chi connectivity index (χ4n) is 3.68. The number of hydrazone groups is 1. The predicted octanol–water partition coefficient (Wildman–Crippen LogP) is 5.77.